The molecular formula is C13H16F2N2OS. The first kappa shape index (κ1) is 14.1. The molecule has 1 fully saturated rings. The lowest BCUT2D eigenvalue weighted by Gasteiger charge is -2.38. The minimum Gasteiger partial charge on any atom is -0.389 e. The maximum Gasteiger partial charge on any atom is 0.182 e. The smallest absolute Gasteiger partial charge is 0.182 e. The van der Waals surface area contributed by atoms with E-state index in [0.717, 1.165) is 6.42 Å². The summed E-state index contributed by atoms with van der Waals surface area (Å²) < 4.78 is 27.9. The first-order valence-electron chi connectivity index (χ1n) is 6.07. The normalized spacial score (nSPS) is 23.5. The summed E-state index contributed by atoms with van der Waals surface area (Å²) in [5.74, 6) is -2.00. The maximum atomic E-state index is 14.0. The number of hydrogen-bond acceptors (Lipinski definition) is 3. The summed E-state index contributed by atoms with van der Waals surface area (Å²) in [4.78, 5) is 1.47. The van der Waals surface area contributed by atoms with Crippen LogP contribution in [0.1, 0.15) is 25.3 Å². The molecular weight excluding hydrogens is 270 g/mol. The SMILES string of the molecule is CC1(O)CCCN(c2ccc(C(N)=S)c(F)c2F)C1. The lowest BCUT2D eigenvalue weighted by atomic mass is 9.94. The number of aliphatic hydroxyl groups is 1. The molecule has 1 saturated heterocycles. The fourth-order valence-electron chi connectivity index (χ4n) is 2.40. The van der Waals surface area contributed by atoms with Crippen molar-refractivity contribution in [2.45, 2.75) is 25.4 Å². The molecule has 104 valence electrons. The van der Waals surface area contributed by atoms with Crippen molar-refractivity contribution in [1.82, 2.24) is 0 Å². The Labute approximate surface area is 116 Å². The van der Waals surface area contributed by atoms with Crippen molar-refractivity contribution in [2.24, 2.45) is 5.73 Å². The van der Waals surface area contributed by atoms with Crippen LogP contribution in [0, 0.1) is 11.6 Å². The second-order valence-electron chi connectivity index (χ2n) is 5.15. The molecule has 1 aliphatic rings. The van der Waals surface area contributed by atoms with E-state index in [1.165, 1.54) is 12.1 Å². The van der Waals surface area contributed by atoms with E-state index in [9.17, 15) is 13.9 Å². The largest absolute Gasteiger partial charge is 0.389 e. The molecule has 1 aliphatic heterocycles. The fourth-order valence-corrected chi connectivity index (χ4v) is 2.56. The molecule has 3 N–H and O–H groups in total. The Hall–Kier alpha value is -1.27. The van der Waals surface area contributed by atoms with E-state index in [-0.39, 0.29) is 22.8 Å². The monoisotopic (exact) mass is 286 g/mol. The lowest BCUT2D eigenvalue weighted by Crippen LogP contribution is -2.46. The zero-order chi connectivity index (χ0) is 14.2. The number of halogens is 2. The Morgan fingerprint density at radius 1 is 1.42 bits per heavy atom. The van der Waals surface area contributed by atoms with Crippen LogP contribution in [-0.4, -0.2) is 28.8 Å². The third-order valence-electron chi connectivity index (χ3n) is 3.34. The van der Waals surface area contributed by atoms with Gasteiger partial charge in [-0.25, -0.2) is 8.78 Å². The van der Waals surface area contributed by atoms with Gasteiger partial charge in [-0.15, -0.1) is 0 Å². The van der Waals surface area contributed by atoms with Crippen LogP contribution < -0.4 is 10.6 Å². The van der Waals surface area contributed by atoms with Crippen molar-refractivity contribution in [3.8, 4) is 0 Å². The predicted octanol–water partition coefficient (Wildman–Crippen LogP) is 1.95. The average molecular weight is 286 g/mol. The van der Waals surface area contributed by atoms with Gasteiger partial charge in [0, 0.05) is 18.7 Å². The van der Waals surface area contributed by atoms with E-state index in [4.69, 9.17) is 5.73 Å². The summed E-state index contributed by atoms with van der Waals surface area (Å²) in [6.07, 6.45) is 1.38. The summed E-state index contributed by atoms with van der Waals surface area (Å²) in [7, 11) is 0. The average Bonchev–Trinajstić information content (AvgIpc) is 2.30. The highest BCUT2D eigenvalue weighted by molar-refractivity contribution is 7.80. The van der Waals surface area contributed by atoms with Crippen molar-refractivity contribution >= 4 is 22.9 Å². The first-order chi connectivity index (χ1) is 8.82. The van der Waals surface area contributed by atoms with E-state index in [2.05, 4.69) is 12.2 Å². The van der Waals surface area contributed by atoms with Gasteiger partial charge in [0.1, 0.15) is 4.99 Å². The Kier molecular flexibility index (Phi) is 3.73. The predicted molar refractivity (Wildman–Crippen MR) is 74.3 cm³/mol. The van der Waals surface area contributed by atoms with Crippen molar-refractivity contribution < 1.29 is 13.9 Å². The number of rotatable bonds is 2. The van der Waals surface area contributed by atoms with Gasteiger partial charge in [-0.3, -0.25) is 0 Å². The van der Waals surface area contributed by atoms with E-state index < -0.39 is 17.2 Å². The van der Waals surface area contributed by atoms with Crippen LogP contribution in [-0.2, 0) is 0 Å². The number of hydrogen-bond donors (Lipinski definition) is 2. The van der Waals surface area contributed by atoms with Gasteiger partial charge in [0.15, 0.2) is 11.6 Å². The minimum atomic E-state index is -1.03. The molecule has 1 aromatic rings. The Morgan fingerprint density at radius 2 is 2.11 bits per heavy atom. The molecule has 0 bridgehead atoms. The third-order valence-corrected chi connectivity index (χ3v) is 3.56. The summed E-state index contributed by atoms with van der Waals surface area (Å²) in [6, 6.07) is 2.83. The van der Waals surface area contributed by atoms with Gasteiger partial charge in [-0.2, -0.15) is 0 Å². The fraction of sp³-hybridized carbons (Fsp3) is 0.462. The zero-order valence-electron chi connectivity index (χ0n) is 10.6. The summed E-state index contributed by atoms with van der Waals surface area (Å²) >= 11 is 4.66. The van der Waals surface area contributed by atoms with Crippen LogP contribution >= 0.6 is 12.2 Å². The highest BCUT2D eigenvalue weighted by atomic mass is 32.1. The van der Waals surface area contributed by atoms with E-state index in [0.29, 0.717) is 13.0 Å². The van der Waals surface area contributed by atoms with Gasteiger partial charge in [0.2, 0.25) is 0 Å². The van der Waals surface area contributed by atoms with E-state index in [1.54, 1.807) is 11.8 Å². The molecule has 0 aromatic heterocycles. The molecule has 1 heterocycles. The van der Waals surface area contributed by atoms with Gasteiger partial charge in [-0.05, 0) is 31.9 Å². The number of nitrogens with zero attached hydrogens (tertiary/aromatic N) is 1. The zero-order valence-corrected chi connectivity index (χ0v) is 11.4. The van der Waals surface area contributed by atoms with Crippen LogP contribution in [0.25, 0.3) is 0 Å². The molecule has 0 spiro atoms. The number of thiocarbonyl (C=S) groups is 1. The van der Waals surface area contributed by atoms with Crippen LogP contribution in [0.3, 0.4) is 0 Å². The van der Waals surface area contributed by atoms with Crippen LogP contribution in [0.2, 0.25) is 0 Å². The number of anilines is 1. The number of β-amino-alcohol motifs (C(OH)–C–C–N with tert-alkyl or cyclic N) is 1. The molecule has 1 aromatic carbocycles. The number of piperidine rings is 1. The Balaban J connectivity index is 2.36. The quantitative estimate of drug-likeness (QED) is 0.816. The third kappa shape index (κ3) is 2.84. The van der Waals surface area contributed by atoms with Gasteiger partial charge >= 0.3 is 0 Å². The highest BCUT2D eigenvalue weighted by Gasteiger charge is 2.30. The molecule has 3 nitrogen and oxygen atoms in total. The molecule has 1 unspecified atom stereocenters. The molecule has 0 amide bonds. The number of benzene rings is 1. The summed E-state index contributed by atoms with van der Waals surface area (Å²) in [5, 5.41) is 10.0. The maximum absolute atomic E-state index is 14.0. The van der Waals surface area contributed by atoms with Gasteiger partial charge < -0.3 is 15.7 Å². The lowest BCUT2D eigenvalue weighted by molar-refractivity contribution is 0.0447. The van der Waals surface area contributed by atoms with Crippen LogP contribution in [0.15, 0.2) is 12.1 Å². The number of nitrogens with two attached hydrogens (primary N) is 1. The molecule has 2 rings (SSSR count). The van der Waals surface area contributed by atoms with Crippen molar-refractivity contribution in [3.63, 3.8) is 0 Å². The van der Waals surface area contributed by atoms with Gasteiger partial charge in [-0.1, -0.05) is 12.2 Å². The highest BCUT2D eigenvalue weighted by Crippen LogP contribution is 2.29. The van der Waals surface area contributed by atoms with Crippen LogP contribution in [0.4, 0.5) is 14.5 Å². The first-order valence-corrected chi connectivity index (χ1v) is 6.48. The molecule has 0 radical (unpaired) electrons. The second kappa shape index (κ2) is 5.02. The van der Waals surface area contributed by atoms with Gasteiger partial charge in [0.25, 0.3) is 0 Å². The van der Waals surface area contributed by atoms with Crippen LogP contribution in [0.5, 0.6) is 0 Å². The van der Waals surface area contributed by atoms with Gasteiger partial charge in [0.05, 0.1) is 11.3 Å². The molecule has 0 aliphatic carbocycles. The van der Waals surface area contributed by atoms with E-state index in [1.807, 2.05) is 0 Å². The standard InChI is InChI=1S/C13H16F2N2OS/c1-13(18)5-2-6-17(7-13)9-4-3-8(12(16)19)10(14)11(9)15/h3-4,18H,2,5-7H2,1H3,(H2,16,19). The summed E-state index contributed by atoms with van der Waals surface area (Å²) in [5.41, 5.74) is 4.48. The Morgan fingerprint density at radius 3 is 2.68 bits per heavy atom. The van der Waals surface area contributed by atoms with Crippen molar-refractivity contribution in [2.75, 3.05) is 18.0 Å². The second-order valence-corrected chi connectivity index (χ2v) is 5.59. The van der Waals surface area contributed by atoms with Crippen molar-refractivity contribution in [3.05, 3.63) is 29.3 Å². The molecule has 6 heteroatoms. The minimum absolute atomic E-state index is 0.0972. The summed E-state index contributed by atoms with van der Waals surface area (Å²) in [6.45, 7) is 2.55. The molecule has 1 atom stereocenters. The topological polar surface area (TPSA) is 49.5 Å². The van der Waals surface area contributed by atoms with E-state index >= 15 is 0 Å². The van der Waals surface area contributed by atoms with Crippen molar-refractivity contribution in [1.29, 1.82) is 0 Å². The molecule has 19 heavy (non-hydrogen) atoms. The Bertz CT molecular complexity index is 520. The molecule has 0 saturated carbocycles.